The molecule has 1 aliphatic rings. The van der Waals surface area contributed by atoms with Gasteiger partial charge < -0.3 is 10.2 Å². The first-order chi connectivity index (χ1) is 7.16. The van der Waals surface area contributed by atoms with E-state index in [1.54, 1.807) is 16.2 Å². The van der Waals surface area contributed by atoms with Gasteiger partial charge in [-0.05, 0) is 45.9 Å². The molecule has 0 radical (unpaired) electrons. The van der Waals surface area contributed by atoms with E-state index in [1.807, 2.05) is 7.05 Å². The first-order valence-electron chi connectivity index (χ1n) is 4.88. The number of thiophene rings is 1. The molecule has 3 nitrogen and oxygen atoms in total. The van der Waals surface area contributed by atoms with Gasteiger partial charge >= 0.3 is 0 Å². The Morgan fingerprint density at radius 3 is 2.88 bits per heavy atom. The molecule has 2 heterocycles. The minimum Gasteiger partial charge on any atom is -0.340 e. The normalized spacial score (nSPS) is 18.5. The predicted octanol–water partition coefficient (Wildman–Crippen LogP) is 2.25. The van der Waals surface area contributed by atoms with Gasteiger partial charge in [-0.25, -0.2) is 0 Å². The van der Waals surface area contributed by atoms with Gasteiger partial charge in [-0.1, -0.05) is 0 Å². The summed E-state index contributed by atoms with van der Waals surface area (Å²) in [5, 5.41) is 5.19. The van der Waals surface area contributed by atoms with Crippen LogP contribution in [-0.4, -0.2) is 30.4 Å². The van der Waals surface area contributed by atoms with Crippen LogP contribution in [0.2, 0.25) is 0 Å². The Hall–Kier alpha value is -0.100. The van der Waals surface area contributed by atoms with Crippen LogP contribution in [-0.2, 0) is 11.3 Å². The van der Waals surface area contributed by atoms with Crippen LogP contribution in [0.25, 0.3) is 0 Å². The van der Waals surface area contributed by atoms with E-state index in [9.17, 15) is 4.79 Å². The van der Waals surface area contributed by atoms with E-state index in [2.05, 4.69) is 32.7 Å². The van der Waals surface area contributed by atoms with Crippen molar-refractivity contribution in [3.63, 3.8) is 0 Å². The zero-order valence-electron chi connectivity index (χ0n) is 8.90. The highest BCUT2D eigenvalue weighted by atomic mass is 79.9. The average molecular weight is 326 g/mol. The van der Waals surface area contributed by atoms with Crippen molar-refractivity contribution in [3.8, 4) is 0 Å². The van der Waals surface area contributed by atoms with E-state index in [0.29, 0.717) is 6.54 Å². The van der Waals surface area contributed by atoms with Gasteiger partial charge in [-0.15, -0.1) is 23.7 Å². The van der Waals surface area contributed by atoms with Gasteiger partial charge in [-0.2, -0.15) is 0 Å². The van der Waals surface area contributed by atoms with Gasteiger partial charge in [0.05, 0.1) is 9.83 Å². The molecule has 90 valence electrons. The topological polar surface area (TPSA) is 32.3 Å². The maximum Gasteiger partial charge on any atom is 0.239 e. The lowest BCUT2D eigenvalue weighted by Gasteiger charge is -2.30. The number of amides is 1. The Labute approximate surface area is 114 Å². The van der Waals surface area contributed by atoms with E-state index in [-0.39, 0.29) is 24.4 Å². The van der Waals surface area contributed by atoms with Crippen LogP contribution in [0.3, 0.4) is 0 Å². The van der Waals surface area contributed by atoms with Gasteiger partial charge in [0, 0.05) is 13.6 Å². The lowest BCUT2D eigenvalue weighted by Crippen LogP contribution is -2.53. The highest BCUT2D eigenvalue weighted by molar-refractivity contribution is 9.11. The lowest BCUT2D eigenvalue weighted by molar-refractivity contribution is -0.134. The van der Waals surface area contributed by atoms with Crippen molar-refractivity contribution in [3.05, 3.63) is 20.8 Å². The number of halogens is 2. The summed E-state index contributed by atoms with van der Waals surface area (Å²) in [6.45, 7) is 1.66. The van der Waals surface area contributed by atoms with E-state index in [4.69, 9.17) is 0 Å². The van der Waals surface area contributed by atoms with Gasteiger partial charge in [0.15, 0.2) is 0 Å². The van der Waals surface area contributed by atoms with Crippen LogP contribution in [0.4, 0.5) is 0 Å². The van der Waals surface area contributed by atoms with Gasteiger partial charge in [-0.3, -0.25) is 4.79 Å². The summed E-state index contributed by atoms with van der Waals surface area (Å²) in [6, 6.07) is 2.11. The highest BCUT2D eigenvalue weighted by Crippen LogP contribution is 2.21. The van der Waals surface area contributed by atoms with Crippen molar-refractivity contribution in [2.75, 3.05) is 13.6 Å². The van der Waals surface area contributed by atoms with Crippen molar-refractivity contribution < 1.29 is 4.79 Å². The van der Waals surface area contributed by atoms with Gasteiger partial charge in [0.1, 0.15) is 0 Å². The van der Waals surface area contributed by atoms with Crippen LogP contribution >= 0.6 is 39.7 Å². The molecule has 1 N–H and O–H groups in total. The first kappa shape index (κ1) is 14.0. The zero-order valence-corrected chi connectivity index (χ0v) is 12.1. The summed E-state index contributed by atoms with van der Waals surface area (Å²) in [5.41, 5.74) is 1.18. The summed E-state index contributed by atoms with van der Waals surface area (Å²) < 4.78 is 1.11. The van der Waals surface area contributed by atoms with Gasteiger partial charge in [0.25, 0.3) is 0 Å². The molecule has 0 aromatic carbocycles. The molecule has 0 unspecified atom stereocenters. The molecule has 0 aliphatic carbocycles. The Bertz CT molecular complexity index is 367. The number of likely N-dealkylation sites (N-methyl/N-ethyl adjacent to an activating group) is 1. The fraction of sp³-hybridized carbons (Fsp3) is 0.500. The number of hydrogen-bond donors (Lipinski definition) is 1. The monoisotopic (exact) mass is 324 g/mol. The number of rotatable bonds is 3. The van der Waals surface area contributed by atoms with Crippen LogP contribution in [0.5, 0.6) is 0 Å². The predicted molar refractivity (Wildman–Crippen MR) is 72.1 cm³/mol. The summed E-state index contributed by atoms with van der Waals surface area (Å²) in [4.78, 5) is 13.6. The molecule has 16 heavy (non-hydrogen) atoms. The standard InChI is InChI=1S/C10H13BrN2OS.ClH/c1-13(10(14)8-2-3-12-8)5-7-4-9(11)15-6-7;/h4,6,8,12H,2-3,5H2,1H3;1H/t8-;/m1./s1. The SMILES string of the molecule is CN(Cc1csc(Br)c1)C(=O)[C@H]1CCN1.Cl. The molecule has 1 saturated heterocycles. The number of carbonyl (C=O) groups is 1. The maximum atomic E-state index is 11.8. The number of carbonyl (C=O) groups excluding carboxylic acids is 1. The molecule has 6 heteroatoms. The lowest BCUT2D eigenvalue weighted by atomic mass is 10.1. The van der Waals surface area contributed by atoms with Crippen molar-refractivity contribution >= 4 is 45.6 Å². The fourth-order valence-corrected chi connectivity index (χ4v) is 2.75. The van der Waals surface area contributed by atoms with Gasteiger partial charge in [0.2, 0.25) is 5.91 Å². The largest absolute Gasteiger partial charge is 0.340 e. The Balaban J connectivity index is 0.00000128. The quantitative estimate of drug-likeness (QED) is 0.924. The Morgan fingerprint density at radius 1 is 1.75 bits per heavy atom. The molecule has 1 atom stereocenters. The Kier molecular flexibility index (Phi) is 5.24. The molecule has 0 saturated carbocycles. The minimum absolute atomic E-state index is 0. The summed E-state index contributed by atoms with van der Waals surface area (Å²) >= 11 is 5.06. The van der Waals surface area contributed by atoms with Crippen molar-refractivity contribution in [2.45, 2.75) is 19.0 Å². The minimum atomic E-state index is 0. The number of nitrogens with one attached hydrogen (secondary N) is 1. The third kappa shape index (κ3) is 3.20. The molecule has 1 fully saturated rings. The van der Waals surface area contributed by atoms with E-state index < -0.39 is 0 Å². The van der Waals surface area contributed by atoms with Crippen LogP contribution in [0.1, 0.15) is 12.0 Å². The van der Waals surface area contributed by atoms with Crippen molar-refractivity contribution in [1.29, 1.82) is 0 Å². The van der Waals surface area contributed by atoms with E-state index in [1.165, 1.54) is 5.56 Å². The van der Waals surface area contributed by atoms with Crippen LogP contribution < -0.4 is 5.32 Å². The summed E-state index contributed by atoms with van der Waals surface area (Å²) in [7, 11) is 1.86. The Morgan fingerprint density at radius 2 is 2.44 bits per heavy atom. The average Bonchev–Trinajstić information content (AvgIpc) is 2.48. The molecular weight excluding hydrogens is 312 g/mol. The second-order valence-corrected chi connectivity index (χ2v) is 6.04. The van der Waals surface area contributed by atoms with Crippen LogP contribution in [0.15, 0.2) is 15.2 Å². The number of nitrogens with zero attached hydrogens (tertiary/aromatic N) is 1. The van der Waals surface area contributed by atoms with E-state index >= 15 is 0 Å². The third-order valence-electron chi connectivity index (χ3n) is 2.54. The first-order valence-corrected chi connectivity index (χ1v) is 6.55. The highest BCUT2D eigenvalue weighted by Gasteiger charge is 2.27. The molecule has 2 rings (SSSR count). The molecule has 1 amide bonds. The fourth-order valence-electron chi connectivity index (χ4n) is 1.55. The molecular formula is C10H14BrClN2OS. The second kappa shape index (κ2) is 6.00. The smallest absolute Gasteiger partial charge is 0.239 e. The van der Waals surface area contributed by atoms with Crippen molar-refractivity contribution in [2.24, 2.45) is 0 Å². The molecule has 0 bridgehead atoms. The molecule has 1 aliphatic heterocycles. The summed E-state index contributed by atoms with van der Waals surface area (Å²) in [5.74, 6) is 0.198. The van der Waals surface area contributed by atoms with Crippen molar-refractivity contribution in [1.82, 2.24) is 10.2 Å². The molecule has 1 aromatic heterocycles. The summed E-state index contributed by atoms with van der Waals surface area (Å²) in [6.07, 6.45) is 0.969. The zero-order chi connectivity index (χ0) is 10.8. The number of hydrogen-bond acceptors (Lipinski definition) is 3. The third-order valence-corrected chi connectivity index (χ3v) is 4.09. The molecule has 1 aromatic rings. The maximum absolute atomic E-state index is 11.8. The van der Waals surface area contributed by atoms with E-state index in [0.717, 1.165) is 16.8 Å². The second-order valence-electron chi connectivity index (χ2n) is 3.75. The molecule has 0 spiro atoms. The van der Waals surface area contributed by atoms with Crippen LogP contribution in [0, 0.1) is 0 Å².